The van der Waals surface area contributed by atoms with E-state index >= 15 is 0 Å². The summed E-state index contributed by atoms with van der Waals surface area (Å²) in [7, 11) is -3.54. The maximum atomic E-state index is 12.4. The highest BCUT2D eigenvalue weighted by atomic mass is 32.2. The van der Waals surface area contributed by atoms with Crippen molar-refractivity contribution in [1.29, 1.82) is 0 Å². The Morgan fingerprint density at radius 1 is 1.37 bits per heavy atom. The van der Waals surface area contributed by atoms with Crippen molar-refractivity contribution in [3.05, 3.63) is 29.8 Å². The molecule has 1 aliphatic rings. The van der Waals surface area contributed by atoms with Gasteiger partial charge in [0.15, 0.2) is 0 Å². The Morgan fingerprint density at radius 2 is 2.00 bits per heavy atom. The van der Waals surface area contributed by atoms with Gasteiger partial charge >= 0.3 is 0 Å². The van der Waals surface area contributed by atoms with E-state index in [9.17, 15) is 13.2 Å². The molecule has 1 unspecified atom stereocenters. The van der Waals surface area contributed by atoms with Gasteiger partial charge in [-0.25, -0.2) is 8.42 Å². The molecule has 0 bridgehead atoms. The van der Waals surface area contributed by atoms with Crippen LogP contribution in [0.4, 0.5) is 0 Å². The molecule has 104 valence electrons. The molecule has 2 rings (SSSR count). The fraction of sp³-hybridized carbons (Fsp3) is 0.417. The Hall–Kier alpha value is -1.44. The van der Waals surface area contributed by atoms with Crippen LogP contribution in [0.5, 0.6) is 0 Å². The second kappa shape index (κ2) is 5.28. The number of carbonyl (C=O) groups is 1. The van der Waals surface area contributed by atoms with Gasteiger partial charge in [-0.2, -0.15) is 4.31 Å². The zero-order valence-corrected chi connectivity index (χ0v) is 11.4. The molecule has 1 aliphatic heterocycles. The summed E-state index contributed by atoms with van der Waals surface area (Å²) in [4.78, 5) is 11.1. The second-order valence-corrected chi connectivity index (χ2v) is 6.37. The lowest BCUT2D eigenvalue weighted by Gasteiger charge is -2.30. The molecule has 1 heterocycles. The quantitative estimate of drug-likeness (QED) is 0.858. The van der Waals surface area contributed by atoms with Crippen LogP contribution in [-0.2, 0) is 14.8 Å². The monoisotopic (exact) mass is 284 g/mol. The topological polar surface area (TPSA) is 89.7 Å². The minimum Gasteiger partial charge on any atom is -0.376 e. The van der Waals surface area contributed by atoms with Crippen LogP contribution in [0.25, 0.3) is 0 Å². The van der Waals surface area contributed by atoms with Crippen molar-refractivity contribution in [2.45, 2.75) is 17.9 Å². The lowest BCUT2D eigenvalue weighted by Crippen LogP contribution is -2.44. The average Bonchev–Trinajstić information content (AvgIpc) is 2.39. The SMILES string of the molecule is CC1CN(S(=O)(=O)c2ccc(C(N)=O)cc2)CCO1. The Labute approximate surface area is 112 Å². The molecule has 1 aromatic carbocycles. The fourth-order valence-corrected chi connectivity index (χ4v) is 3.44. The van der Waals surface area contributed by atoms with Crippen LogP contribution in [0, 0.1) is 0 Å². The summed E-state index contributed by atoms with van der Waals surface area (Å²) in [6.07, 6.45) is -0.117. The van der Waals surface area contributed by atoms with E-state index in [1.807, 2.05) is 6.92 Å². The number of morpholine rings is 1. The van der Waals surface area contributed by atoms with E-state index in [1.165, 1.54) is 28.6 Å². The first-order valence-corrected chi connectivity index (χ1v) is 7.37. The van der Waals surface area contributed by atoms with Crippen molar-refractivity contribution in [1.82, 2.24) is 4.31 Å². The van der Waals surface area contributed by atoms with E-state index in [4.69, 9.17) is 10.5 Å². The van der Waals surface area contributed by atoms with Crippen molar-refractivity contribution in [3.63, 3.8) is 0 Å². The molecule has 1 fully saturated rings. The van der Waals surface area contributed by atoms with Gasteiger partial charge in [0.05, 0.1) is 17.6 Å². The van der Waals surface area contributed by atoms with Crippen LogP contribution in [0.2, 0.25) is 0 Å². The molecule has 1 amide bonds. The van der Waals surface area contributed by atoms with Gasteiger partial charge in [0.25, 0.3) is 0 Å². The van der Waals surface area contributed by atoms with Crippen molar-refractivity contribution in [2.24, 2.45) is 5.73 Å². The van der Waals surface area contributed by atoms with Crippen LogP contribution in [0.1, 0.15) is 17.3 Å². The summed E-state index contributed by atoms with van der Waals surface area (Å²) in [5.74, 6) is -0.580. The third-order valence-electron chi connectivity index (χ3n) is 2.98. The summed E-state index contributed by atoms with van der Waals surface area (Å²) in [6, 6.07) is 5.63. The lowest BCUT2D eigenvalue weighted by molar-refractivity contribution is 0.0102. The van der Waals surface area contributed by atoms with E-state index in [1.54, 1.807) is 0 Å². The Morgan fingerprint density at radius 3 is 2.53 bits per heavy atom. The number of benzene rings is 1. The number of hydrogen-bond donors (Lipinski definition) is 1. The second-order valence-electron chi connectivity index (χ2n) is 4.43. The maximum Gasteiger partial charge on any atom is 0.248 e. The number of carbonyl (C=O) groups excluding carboxylic acids is 1. The van der Waals surface area contributed by atoms with Crippen molar-refractivity contribution in [3.8, 4) is 0 Å². The molecule has 7 heteroatoms. The molecule has 1 saturated heterocycles. The number of nitrogens with zero attached hydrogens (tertiary/aromatic N) is 1. The van der Waals surface area contributed by atoms with Crippen molar-refractivity contribution in [2.75, 3.05) is 19.7 Å². The molecule has 0 aromatic heterocycles. The highest BCUT2D eigenvalue weighted by Crippen LogP contribution is 2.19. The molecule has 0 saturated carbocycles. The predicted octanol–water partition coefficient (Wildman–Crippen LogP) is 0.195. The van der Waals surface area contributed by atoms with Gasteiger partial charge in [-0.05, 0) is 31.2 Å². The van der Waals surface area contributed by atoms with E-state index < -0.39 is 15.9 Å². The molecule has 2 N–H and O–H groups in total. The number of primary amides is 1. The van der Waals surface area contributed by atoms with Crippen LogP contribution >= 0.6 is 0 Å². The third kappa shape index (κ3) is 2.94. The smallest absolute Gasteiger partial charge is 0.248 e. The molecule has 1 atom stereocenters. The molecule has 0 aliphatic carbocycles. The number of ether oxygens (including phenoxy) is 1. The summed E-state index contributed by atoms with van der Waals surface area (Å²) in [5, 5.41) is 0. The van der Waals surface area contributed by atoms with E-state index in [2.05, 4.69) is 0 Å². The summed E-state index contributed by atoms with van der Waals surface area (Å²) in [6.45, 7) is 2.89. The van der Waals surface area contributed by atoms with Crippen LogP contribution < -0.4 is 5.73 Å². The normalized spacial score (nSPS) is 21.2. The minimum absolute atomic E-state index is 0.117. The van der Waals surface area contributed by atoms with Gasteiger partial charge in [0.1, 0.15) is 0 Å². The molecular weight excluding hydrogens is 268 g/mol. The molecule has 1 aromatic rings. The van der Waals surface area contributed by atoms with Crippen molar-refractivity contribution < 1.29 is 17.9 Å². The van der Waals surface area contributed by atoms with Gasteiger partial charge in [-0.15, -0.1) is 0 Å². The Balaban J connectivity index is 2.26. The van der Waals surface area contributed by atoms with Crippen LogP contribution in [0.3, 0.4) is 0 Å². The zero-order chi connectivity index (χ0) is 14.0. The van der Waals surface area contributed by atoms with Crippen LogP contribution in [-0.4, -0.2) is 44.4 Å². The zero-order valence-electron chi connectivity index (χ0n) is 10.6. The standard InChI is InChI=1S/C12H16N2O4S/c1-9-8-14(6-7-18-9)19(16,17)11-4-2-10(3-5-11)12(13)15/h2-5,9H,6-8H2,1H3,(H2,13,15). The van der Waals surface area contributed by atoms with Gasteiger partial charge in [0, 0.05) is 18.7 Å². The minimum atomic E-state index is -3.54. The summed E-state index contributed by atoms with van der Waals surface area (Å²) >= 11 is 0. The van der Waals surface area contributed by atoms with Gasteiger partial charge in [-0.3, -0.25) is 4.79 Å². The lowest BCUT2D eigenvalue weighted by atomic mass is 10.2. The Kier molecular flexibility index (Phi) is 3.88. The van der Waals surface area contributed by atoms with Crippen LogP contribution in [0.15, 0.2) is 29.2 Å². The van der Waals surface area contributed by atoms with Gasteiger partial charge in [0.2, 0.25) is 15.9 Å². The van der Waals surface area contributed by atoms with Gasteiger partial charge < -0.3 is 10.5 Å². The Bertz CT molecular complexity index is 568. The molecule has 0 radical (unpaired) electrons. The number of hydrogen-bond acceptors (Lipinski definition) is 4. The van der Waals surface area contributed by atoms with E-state index in [0.29, 0.717) is 19.7 Å². The first-order valence-electron chi connectivity index (χ1n) is 5.93. The predicted molar refractivity (Wildman–Crippen MR) is 69.1 cm³/mol. The third-order valence-corrected chi connectivity index (χ3v) is 4.86. The number of amides is 1. The van der Waals surface area contributed by atoms with Crippen molar-refractivity contribution >= 4 is 15.9 Å². The maximum absolute atomic E-state index is 12.4. The summed E-state index contributed by atoms with van der Waals surface area (Å²) < 4.78 is 31.4. The first-order chi connectivity index (χ1) is 8.91. The largest absolute Gasteiger partial charge is 0.376 e. The molecular formula is C12H16N2O4S. The number of rotatable bonds is 3. The highest BCUT2D eigenvalue weighted by molar-refractivity contribution is 7.89. The van der Waals surface area contributed by atoms with E-state index in [0.717, 1.165) is 0 Å². The highest BCUT2D eigenvalue weighted by Gasteiger charge is 2.29. The summed E-state index contributed by atoms with van der Waals surface area (Å²) in [5.41, 5.74) is 5.40. The molecule has 0 spiro atoms. The first kappa shape index (κ1) is 14.0. The van der Waals surface area contributed by atoms with Gasteiger partial charge in [-0.1, -0.05) is 0 Å². The molecule has 6 nitrogen and oxygen atoms in total. The molecule has 19 heavy (non-hydrogen) atoms. The number of nitrogens with two attached hydrogens (primary N) is 1. The van der Waals surface area contributed by atoms with E-state index in [-0.39, 0.29) is 16.6 Å². The fourth-order valence-electron chi connectivity index (χ4n) is 1.95. The average molecular weight is 284 g/mol. The number of sulfonamides is 1.